The van der Waals surface area contributed by atoms with E-state index in [0.717, 1.165) is 19.3 Å². The van der Waals surface area contributed by atoms with Crippen molar-refractivity contribution in [2.24, 2.45) is 22.7 Å². The minimum absolute atomic E-state index is 0.0676. The van der Waals surface area contributed by atoms with Crippen molar-refractivity contribution in [3.63, 3.8) is 0 Å². The van der Waals surface area contributed by atoms with E-state index < -0.39 is 11.5 Å². The third-order valence-corrected chi connectivity index (χ3v) is 8.46. The average Bonchev–Trinajstić information content (AvgIpc) is 3.07. The summed E-state index contributed by atoms with van der Waals surface area (Å²) in [6.45, 7) is 7.78. The van der Waals surface area contributed by atoms with Crippen LogP contribution in [-0.2, 0) is 14.3 Å². The number of rotatable bonds is 5. The number of ether oxygens (including phenoxy) is 2. The van der Waals surface area contributed by atoms with Crippen molar-refractivity contribution in [2.75, 3.05) is 6.61 Å². The summed E-state index contributed by atoms with van der Waals surface area (Å²) < 4.78 is 17.0. The second kappa shape index (κ2) is 6.57. The van der Waals surface area contributed by atoms with Gasteiger partial charge in [-0.05, 0) is 44.6 Å². The largest absolute Gasteiger partial charge is 0.472 e. The molecule has 2 N–H and O–H groups in total. The molecule has 0 amide bonds. The van der Waals surface area contributed by atoms with Gasteiger partial charge in [-0.3, -0.25) is 4.79 Å². The van der Waals surface area contributed by atoms with Crippen molar-refractivity contribution in [3.8, 4) is 0 Å². The van der Waals surface area contributed by atoms with Crippen LogP contribution in [0.15, 0.2) is 23.0 Å². The van der Waals surface area contributed by atoms with E-state index >= 15 is 0 Å². The second-order valence-electron chi connectivity index (χ2n) is 9.57. The molecular weight excluding hydrogens is 360 g/mol. The van der Waals surface area contributed by atoms with Gasteiger partial charge in [-0.25, -0.2) is 0 Å². The number of epoxide rings is 1. The lowest BCUT2D eigenvalue weighted by Crippen LogP contribution is -2.63. The molecule has 1 aliphatic heterocycles. The van der Waals surface area contributed by atoms with Crippen molar-refractivity contribution in [1.82, 2.24) is 0 Å². The predicted molar refractivity (Wildman–Crippen MR) is 101 cm³/mol. The quantitative estimate of drug-likeness (QED) is 0.590. The number of hydrogen-bond acceptors (Lipinski definition) is 6. The van der Waals surface area contributed by atoms with E-state index in [1.165, 1.54) is 6.92 Å². The minimum atomic E-state index is -0.751. The fourth-order valence-corrected chi connectivity index (χ4v) is 6.58. The van der Waals surface area contributed by atoms with Gasteiger partial charge in [-0.15, -0.1) is 0 Å². The van der Waals surface area contributed by atoms with Crippen LogP contribution in [0.2, 0.25) is 0 Å². The van der Waals surface area contributed by atoms with Crippen molar-refractivity contribution < 1.29 is 28.9 Å². The van der Waals surface area contributed by atoms with Gasteiger partial charge in [0, 0.05) is 35.8 Å². The molecule has 6 heteroatoms. The van der Waals surface area contributed by atoms with Gasteiger partial charge < -0.3 is 24.1 Å². The molecule has 0 aromatic carbocycles. The molecule has 0 bridgehead atoms. The van der Waals surface area contributed by atoms with Crippen molar-refractivity contribution in [1.29, 1.82) is 0 Å². The Morgan fingerprint density at radius 3 is 2.75 bits per heavy atom. The van der Waals surface area contributed by atoms with Crippen LogP contribution in [0.5, 0.6) is 0 Å². The first-order valence-electron chi connectivity index (χ1n) is 10.3. The highest BCUT2D eigenvalue weighted by molar-refractivity contribution is 5.66. The first-order valence-corrected chi connectivity index (χ1v) is 10.3. The predicted octanol–water partition coefficient (Wildman–Crippen LogP) is 3.23. The Balaban J connectivity index is 1.75. The third kappa shape index (κ3) is 2.68. The Kier molecular flexibility index (Phi) is 4.68. The summed E-state index contributed by atoms with van der Waals surface area (Å²) in [7, 11) is 0. The van der Waals surface area contributed by atoms with Crippen LogP contribution in [0, 0.1) is 22.7 Å². The molecule has 1 aromatic rings. The molecule has 1 saturated heterocycles. The van der Waals surface area contributed by atoms with E-state index in [1.54, 1.807) is 18.6 Å². The van der Waals surface area contributed by atoms with Crippen LogP contribution in [0.25, 0.3) is 0 Å². The van der Waals surface area contributed by atoms with E-state index in [1.807, 2.05) is 6.92 Å². The topological polar surface area (TPSA) is 92.4 Å². The zero-order valence-corrected chi connectivity index (χ0v) is 17.2. The zero-order chi connectivity index (χ0) is 20.3. The molecule has 4 rings (SSSR count). The molecule has 3 fully saturated rings. The van der Waals surface area contributed by atoms with E-state index in [4.69, 9.17) is 13.9 Å². The number of carbonyl (C=O) groups excluding carboxylic acids is 1. The lowest BCUT2D eigenvalue weighted by Gasteiger charge is -2.61. The van der Waals surface area contributed by atoms with Gasteiger partial charge in [0.1, 0.15) is 6.10 Å². The van der Waals surface area contributed by atoms with Crippen molar-refractivity contribution in [3.05, 3.63) is 24.2 Å². The van der Waals surface area contributed by atoms with Crippen LogP contribution >= 0.6 is 0 Å². The summed E-state index contributed by atoms with van der Waals surface area (Å²) in [5.74, 6) is -0.229. The van der Waals surface area contributed by atoms with Gasteiger partial charge in [0.25, 0.3) is 0 Å². The summed E-state index contributed by atoms with van der Waals surface area (Å²) in [5.41, 5.74) is -0.375. The van der Waals surface area contributed by atoms with Crippen LogP contribution in [0.4, 0.5) is 0 Å². The van der Waals surface area contributed by atoms with Crippen LogP contribution in [-0.4, -0.2) is 40.6 Å². The maximum atomic E-state index is 11.8. The van der Waals surface area contributed by atoms with Crippen LogP contribution in [0.3, 0.4) is 0 Å². The first kappa shape index (κ1) is 19.9. The summed E-state index contributed by atoms with van der Waals surface area (Å²) >= 11 is 0. The molecule has 8 atom stereocenters. The van der Waals surface area contributed by atoms with E-state index in [-0.39, 0.29) is 47.6 Å². The maximum absolute atomic E-state index is 11.8. The van der Waals surface area contributed by atoms with E-state index in [0.29, 0.717) is 12.0 Å². The number of esters is 1. The highest BCUT2D eigenvalue weighted by atomic mass is 16.6. The van der Waals surface area contributed by atoms with Gasteiger partial charge in [0.2, 0.25) is 0 Å². The number of aliphatic hydroxyl groups is 2. The summed E-state index contributed by atoms with van der Waals surface area (Å²) in [6, 6.07) is 1.76. The van der Waals surface area contributed by atoms with Gasteiger partial charge >= 0.3 is 5.97 Å². The molecule has 0 spiro atoms. The maximum Gasteiger partial charge on any atom is 0.302 e. The SMILES string of the molecule is CC(=O)O[C@@H]1C[C@@]2(C)[C@@H](CCC3O[C@]32C)[C@](CO)(C[C@@H](O)c2ccoc2)[C@H]1C. The average molecular weight is 392 g/mol. The third-order valence-electron chi connectivity index (χ3n) is 8.46. The number of fused-ring (bicyclic) bond motifs is 3. The minimum Gasteiger partial charge on any atom is -0.472 e. The monoisotopic (exact) mass is 392 g/mol. The molecular formula is C22H32O6. The van der Waals surface area contributed by atoms with Gasteiger partial charge in [-0.1, -0.05) is 13.8 Å². The molecule has 2 saturated carbocycles. The van der Waals surface area contributed by atoms with Crippen LogP contribution in [0.1, 0.15) is 65.0 Å². The summed E-state index contributed by atoms with van der Waals surface area (Å²) in [6.07, 6.45) is 5.27. The molecule has 2 heterocycles. The van der Waals surface area contributed by atoms with E-state index in [9.17, 15) is 15.0 Å². The Morgan fingerprint density at radius 1 is 1.39 bits per heavy atom. The fourth-order valence-electron chi connectivity index (χ4n) is 6.58. The zero-order valence-electron chi connectivity index (χ0n) is 17.2. The standard InChI is InChI=1S/C22H32O6/c1-13-17(27-14(2)24)10-20(3)18(5-6-19-21(20,4)28-19)22(13,12-23)9-16(25)15-7-8-26-11-15/h7-8,11,13,16-19,23,25H,5-6,9-10,12H2,1-4H3/t13-,16+,17+,18+,19?,20-,21+,22-/m0/s1. The van der Waals surface area contributed by atoms with Gasteiger partial charge in [0.05, 0.1) is 30.3 Å². The fraction of sp³-hybridized carbons (Fsp3) is 0.773. The summed E-state index contributed by atoms with van der Waals surface area (Å²) in [5, 5.41) is 21.7. The Labute approximate surface area is 166 Å². The highest BCUT2D eigenvalue weighted by Crippen LogP contribution is 2.70. The molecule has 2 aliphatic carbocycles. The van der Waals surface area contributed by atoms with E-state index in [2.05, 4.69) is 13.8 Å². The molecule has 6 nitrogen and oxygen atoms in total. The van der Waals surface area contributed by atoms with Crippen molar-refractivity contribution >= 4 is 5.97 Å². The van der Waals surface area contributed by atoms with Crippen LogP contribution < -0.4 is 0 Å². The van der Waals surface area contributed by atoms with Gasteiger partial charge in [-0.2, -0.15) is 0 Å². The normalized spacial score (nSPS) is 45.6. The lowest BCUT2D eigenvalue weighted by atomic mass is 9.43. The molecule has 1 unspecified atom stereocenters. The molecule has 156 valence electrons. The second-order valence-corrected chi connectivity index (χ2v) is 9.57. The Hall–Kier alpha value is -1.37. The molecule has 28 heavy (non-hydrogen) atoms. The molecule has 1 aromatic heterocycles. The lowest BCUT2D eigenvalue weighted by molar-refractivity contribution is -0.202. The summed E-state index contributed by atoms with van der Waals surface area (Å²) in [4.78, 5) is 11.8. The Morgan fingerprint density at radius 2 is 2.14 bits per heavy atom. The number of furan rings is 1. The number of aliphatic hydroxyl groups excluding tert-OH is 2. The number of hydrogen-bond donors (Lipinski definition) is 2. The molecule has 3 aliphatic rings. The highest BCUT2D eigenvalue weighted by Gasteiger charge is 2.74. The van der Waals surface area contributed by atoms with Gasteiger partial charge in [0.15, 0.2) is 0 Å². The van der Waals surface area contributed by atoms with Crippen molar-refractivity contribution in [2.45, 2.75) is 77.3 Å². The number of carbonyl (C=O) groups is 1. The molecule has 0 radical (unpaired) electrons. The Bertz CT molecular complexity index is 731. The smallest absolute Gasteiger partial charge is 0.302 e. The first-order chi connectivity index (χ1) is 13.2.